The summed E-state index contributed by atoms with van der Waals surface area (Å²) in [5, 5.41) is 0. The van der Waals surface area contributed by atoms with Gasteiger partial charge in [0.1, 0.15) is 6.61 Å². The van der Waals surface area contributed by atoms with Crippen LogP contribution in [-0.2, 0) is 11.8 Å². The fraction of sp³-hybridized carbons (Fsp3) is 0.545. The molecular formula is C11H14F3NO2. The van der Waals surface area contributed by atoms with E-state index >= 15 is 0 Å². The SMILES string of the molecule is Cn1ccc(C(=O)COCCCC(F)(F)F)c1. The van der Waals surface area contributed by atoms with Crippen molar-refractivity contribution in [2.24, 2.45) is 7.05 Å². The van der Waals surface area contributed by atoms with Crippen molar-refractivity contribution in [3.05, 3.63) is 24.0 Å². The first kappa shape index (κ1) is 13.8. The number of hydrogen-bond acceptors (Lipinski definition) is 2. The Hall–Kier alpha value is -1.30. The maximum absolute atomic E-state index is 11.8. The Morgan fingerprint density at radius 2 is 2.18 bits per heavy atom. The highest BCUT2D eigenvalue weighted by Crippen LogP contribution is 2.20. The van der Waals surface area contributed by atoms with E-state index in [0.29, 0.717) is 5.56 Å². The Morgan fingerprint density at radius 3 is 2.71 bits per heavy atom. The molecule has 1 aromatic rings. The summed E-state index contributed by atoms with van der Waals surface area (Å²) in [6, 6.07) is 1.64. The Morgan fingerprint density at radius 1 is 1.47 bits per heavy atom. The van der Waals surface area contributed by atoms with Crippen molar-refractivity contribution in [1.29, 1.82) is 0 Å². The molecule has 1 aromatic heterocycles. The van der Waals surface area contributed by atoms with E-state index in [4.69, 9.17) is 4.74 Å². The monoisotopic (exact) mass is 249 g/mol. The number of carbonyl (C=O) groups excluding carboxylic acids is 1. The third kappa shape index (κ3) is 5.53. The fourth-order valence-corrected chi connectivity index (χ4v) is 1.29. The number of ether oxygens (including phenoxy) is 1. The minimum Gasteiger partial charge on any atom is -0.373 e. The molecule has 0 spiro atoms. The number of hydrogen-bond donors (Lipinski definition) is 0. The maximum Gasteiger partial charge on any atom is 0.389 e. The molecule has 0 aliphatic carbocycles. The highest BCUT2D eigenvalue weighted by atomic mass is 19.4. The lowest BCUT2D eigenvalue weighted by atomic mass is 10.2. The van der Waals surface area contributed by atoms with Gasteiger partial charge in [-0.1, -0.05) is 0 Å². The predicted octanol–water partition coefficient (Wildman–Crippen LogP) is 2.57. The largest absolute Gasteiger partial charge is 0.389 e. The number of aromatic nitrogens is 1. The van der Waals surface area contributed by atoms with Crippen LogP contribution in [0.4, 0.5) is 13.2 Å². The van der Waals surface area contributed by atoms with Gasteiger partial charge in [-0.05, 0) is 12.5 Å². The molecule has 17 heavy (non-hydrogen) atoms. The Kier molecular flexibility index (Phi) is 4.74. The summed E-state index contributed by atoms with van der Waals surface area (Å²) in [4.78, 5) is 11.5. The molecule has 0 radical (unpaired) electrons. The van der Waals surface area contributed by atoms with E-state index in [1.807, 2.05) is 0 Å². The average molecular weight is 249 g/mol. The van der Waals surface area contributed by atoms with Crippen LogP contribution in [0.15, 0.2) is 18.5 Å². The van der Waals surface area contributed by atoms with E-state index in [1.54, 1.807) is 30.1 Å². The molecular weight excluding hydrogens is 235 g/mol. The van der Waals surface area contributed by atoms with Crippen LogP contribution in [-0.4, -0.2) is 29.7 Å². The molecule has 0 saturated carbocycles. The molecule has 3 nitrogen and oxygen atoms in total. The lowest BCUT2D eigenvalue weighted by Gasteiger charge is -2.06. The number of aryl methyl sites for hydroxylation is 1. The topological polar surface area (TPSA) is 31.2 Å². The van der Waals surface area contributed by atoms with Crippen LogP contribution < -0.4 is 0 Å². The second kappa shape index (κ2) is 5.86. The van der Waals surface area contributed by atoms with Crippen molar-refractivity contribution in [2.75, 3.05) is 13.2 Å². The fourth-order valence-electron chi connectivity index (χ4n) is 1.29. The number of Topliss-reactive ketones (excluding diaryl/α,β-unsaturated/α-hetero) is 1. The molecule has 96 valence electrons. The highest BCUT2D eigenvalue weighted by molar-refractivity contribution is 5.96. The first-order valence-corrected chi connectivity index (χ1v) is 5.18. The van der Waals surface area contributed by atoms with Crippen molar-refractivity contribution in [2.45, 2.75) is 19.0 Å². The molecule has 0 aromatic carbocycles. The van der Waals surface area contributed by atoms with Crippen molar-refractivity contribution in [3.63, 3.8) is 0 Å². The zero-order valence-electron chi connectivity index (χ0n) is 9.46. The molecule has 0 amide bonds. The van der Waals surface area contributed by atoms with Crippen LogP contribution >= 0.6 is 0 Å². The van der Waals surface area contributed by atoms with Crippen LogP contribution in [0.5, 0.6) is 0 Å². The van der Waals surface area contributed by atoms with E-state index < -0.39 is 12.6 Å². The van der Waals surface area contributed by atoms with Crippen molar-refractivity contribution < 1.29 is 22.7 Å². The molecule has 6 heteroatoms. The minimum absolute atomic E-state index is 0.0575. The van der Waals surface area contributed by atoms with E-state index in [-0.39, 0.29) is 25.4 Å². The molecule has 0 fully saturated rings. The normalized spacial score (nSPS) is 11.8. The summed E-state index contributed by atoms with van der Waals surface area (Å²) in [7, 11) is 1.78. The van der Waals surface area contributed by atoms with Gasteiger partial charge in [0.05, 0.1) is 0 Å². The molecule has 0 N–H and O–H groups in total. The first-order valence-electron chi connectivity index (χ1n) is 5.18. The lowest BCUT2D eigenvalue weighted by molar-refractivity contribution is -0.137. The summed E-state index contributed by atoms with van der Waals surface area (Å²) in [5.41, 5.74) is 0.503. The van der Waals surface area contributed by atoms with Gasteiger partial charge >= 0.3 is 6.18 Å². The van der Waals surface area contributed by atoms with E-state index in [0.717, 1.165) is 0 Å². The Labute approximate surface area is 97.2 Å². The number of carbonyl (C=O) groups is 1. The van der Waals surface area contributed by atoms with Gasteiger partial charge in [-0.15, -0.1) is 0 Å². The Balaban J connectivity index is 2.17. The molecule has 0 saturated heterocycles. The third-order valence-electron chi connectivity index (χ3n) is 2.14. The summed E-state index contributed by atoms with van der Waals surface area (Å²) in [6.45, 7) is -0.236. The summed E-state index contributed by atoms with van der Waals surface area (Å²) < 4.78 is 42.0. The number of ketones is 1. The maximum atomic E-state index is 11.8. The number of halogens is 3. The van der Waals surface area contributed by atoms with Gasteiger partial charge in [0.15, 0.2) is 5.78 Å². The highest BCUT2D eigenvalue weighted by Gasteiger charge is 2.25. The zero-order chi connectivity index (χ0) is 12.9. The number of alkyl halides is 3. The van der Waals surface area contributed by atoms with Gasteiger partial charge < -0.3 is 9.30 Å². The van der Waals surface area contributed by atoms with Gasteiger partial charge in [-0.25, -0.2) is 0 Å². The van der Waals surface area contributed by atoms with Crippen LogP contribution in [0.2, 0.25) is 0 Å². The lowest BCUT2D eigenvalue weighted by Crippen LogP contribution is -2.12. The quantitative estimate of drug-likeness (QED) is 0.573. The molecule has 1 heterocycles. The smallest absolute Gasteiger partial charge is 0.373 e. The van der Waals surface area contributed by atoms with Gasteiger partial charge in [0.25, 0.3) is 0 Å². The van der Waals surface area contributed by atoms with E-state index in [9.17, 15) is 18.0 Å². The summed E-state index contributed by atoms with van der Waals surface area (Å²) >= 11 is 0. The zero-order valence-corrected chi connectivity index (χ0v) is 9.46. The summed E-state index contributed by atoms with van der Waals surface area (Å²) in [6.07, 6.45) is -1.80. The van der Waals surface area contributed by atoms with E-state index in [2.05, 4.69) is 0 Å². The molecule has 0 aliphatic rings. The molecule has 1 rings (SSSR count). The van der Waals surface area contributed by atoms with Crippen molar-refractivity contribution in [3.8, 4) is 0 Å². The second-order valence-electron chi connectivity index (χ2n) is 3.76. The van der Waals surface area contributed by atoms with Gasteiger partial charge in [-0.3, -0.25) is 4.79 Å². The van der Waals surface area contributed by atoms with Crippen LogP contribution in [0, 0.1) is 0 Å². The molecule has 0 atom stereocenters. The molecule has 0 unspecified atom stereocenters. The second-order valence-corrected chi connectivity index (χ2v) is 3.76. The standard InChI is InChI=1S/C11H14F3NO2/c1-15-5-3-9(7-15)10(16)8-17-6-2-4-11(12,13)14/h3,5,7H,2,4,6,8H2,1H3. The molecule has 0 aliphatic heterocycles. The van der Waals surface area contributed by atoms with Gasteiger partial charge in [0.2, 0.25) is 0 Å². The molecule has 0 bridgehead atoms. The van der Waals surface area contributed by atoms with Crippen molar-refractivity contribution in [1.82, 2.24) is 4.57 Å². The minimum atomic E-state index is -4.16. The third-order valence-corrected chi connectivity index (χ3v) is 2.14. The summed E-state index contributed by atoms with van der Waals surface area (Å²) in [5.74, 6) is -0.224. The van der Waals surface area contributed by atoms with Crippen molar-refractivity contribution >= 4 is 5.78 Å². The van der Waals surface area contributed by atoms with Crippen LogP contribution in [0.3, 0.4) is 0 Å². The van der Waals surface area contributed by atoms with Gasteiger partial charge in [0, 0.05) is 38.0 Å². The average Bonchev–Trinajstić information content (AvgIpc) is 2.62. The number of rotatable bonds is 6. The van der Waals surface area contributed by atoms with Crippen LogP contribution in [0.25, 0.3) is 0 Å². The van der Waals surface area contributed by atoms with Crippen LogP contribution in [0.1, 0.15) is 23.2 Å². The van der Waals surface area contributed by atoms with Gasteiger partial charge in [-0.2, -0.15) is 13.2 Å². The predicted molar refractivity (Wildman–Crippen MR) is 55.9 cm³/mol. The number of nitrogens with zero attached hydrogens (tertiary/aromatic N) is 1. The Bertz CT molecular complexity index is 371. The first-order chi connectivity index (χ1) is 7.88. The van der Waals surface area contributed by atoms with E-state index in [1.165, 1.54) is 0 Å².